The standard InChI is InChI=1S/C11H17N3O2S2/c1-7-6-17-11(12-7)10(8-2-3-8)14-18(15,16)13-9-4-5-9/h6,8-10,13-14H,2-5H2,1H3/t10-/m1/s1. The van der Waals surface area contributed by atoms with Crippen molar-refractivity contribution in [1.29, 1.82) is 0 Å². The van der Waals surface area contributed by atoms with Gasteiger partial charge in [-0.15, -0.1) is 11.3 Å². The molecule has 100 valence electrons. The average molecular weight is 287 g/mol. The van der Waals surface area contributed by atoms with Crippen LogP contribution in [0.5, 0.6) is 0 Å². The molecule has 1 heterocycles. The highest BCUT2D eigenvalue weighted by atomic mass is 32.2. The third-order valence-electron chi connectivity index (χ3n) is 3.18. The van der Waals surface area contributed by atoms with E-state index in [0.717, 1.165) is 36.4 Å². The first kappa shape index (κ1) is 12.5. The van der Waals surface area contributed by atoms with E-state index in [9.17, 15) is 8.42 Å². The van der Waals surface area contributed by atoms with Gasteiger partial charge in [-0.25, -0.2) is 4.98 Å². The van der Waals surface area contributed by atoms with Crippen LogP contribution in [0.4, 0.5) is 0 Å². The molecule has 18 heavy (non-hydrogen) atoms. The second-order valence-corrected chi connectivity index (χ2v) is 7.52. The summed E-state index contributed by atoms with van der Waals surface area (Å²) >= 11 is 1.54. The van der Waals surface area contributed by atoms with Crippen LogP contribution in [0.2, 0.25) is 0 Å². The first-order valence-corrected chi connectivity index (χ1v) is 8.61. The maximum absolute atomic E-state index is 12.0. The van der Waals surface area contributed by atoms with Crippen molar-refractivity contribution in [3.05, 3.63) is 16.1 Å². The molecule has 2 fully saturated rings. The fraction of sp³-hybridized carbons (Fsp3) is 0.727. The highest BCUT2D eigenvalue weighted by Crippen LogP contribution is 2.42. The largest absolute Gasteiger partial charge is 0.277 e. The predicted octanol–water partition coefficient (Wildman–Crippen LogP) is 1.49. The first-order valence-electron chi connectivity index (χ1n) is 6.25. The van der Waals surface area contributed by atoms with Gasteiger partial charge in [-0.1, -0.05) is 0 Å². The summed E-state index contributed by atoms with van der Waals surface area (Å²) in [7, 11) is -3.39. The maximum Gasteiger partial charge on any atom is 0.277 e. The number of nitrogens with one attached hydrogen (secondary N) is 2. The Morgan fingerprint density at radius 3 is 2.61 bits per heavy atom. The molecule has 1 aromatic heterocycles. The van der Waals surface area contributed by atoms with Gasteiger partial charge in [0, 0.05) is 17.1 Å². The van der Waals surface area contributed by atoms with Crippen LogP contribution in [-0.4, -0.2) is 19.4 Å². The van der Waals surface area contributed by atoms with Gasteiger partial charge in [0.1, 0.15) is 5.01 Å². The third-order valence-corrected chi connectivity index (χ3v) is 5.43. The van der Waals surface area contributed by atoms with E-state index in [1.54, 1.807) is 0 Å². The van der Waals surface area contributed by atoms with E-state index in [4.69, 9.17) is 0 Å². The summed E-state index contributed by atoms with van der Waals surface area (Å²) in [6, 6.07) is -0.0136. The molecule has 0 aliphatic heterocycles. The van der Waals surface area contributed by atoms with Gasteiger partial charge >= 0.3 is 0 Å². The number of hydrogen-bond donors (Lipinski definition) is 2. The van der Waals surface area contributed by atoms with Crippen LogP contribution >= 0.6 is 11.3 Å². The van der Waals surface area contributed by atoms with Gasteiger partial charge < -0.3 is 0 Å². The monoisotopic (exact) mass is 287 g/mol. The van der Waals surface area contributed by atoms with E-state index < -0.39 is 10.2 Å². The minimum Gasteiger partial charge on any atom is -0.245 e. The molecule has 0 spiro atoms. The molecule has 2 N–H and O–H groups in total. The second-order valence-electron chi connectivity index (χ2n) is 5.16. The van der Waals surface area contributed by atoms with Crippen LogP contribution in [0, 0.1) is 12.8 Å². The van der Waals surface area contributed by atoms with Crippen LogP contribution < -0.4 is 9.44 Å². The zero-order chi connectivity index (χ0) is 12.8. The van der Waals surface area contributed by atoms with Gasteiger partial charge in [0.05, 0.1) is 6.04 Å². The van der Waals surface area contributed by atoms with E-state index in [2.05, 4.69) is 14.4 Å². The molecule has 2 saturated carbocycles. The molecule has 3 rings (SSSR count). The third kappa shape index (κ3) is 3.09. The van der Waals surface area contributed by atoms with E-state index in [1.165, 1.54) is 11.3 Å². The number of hydrogen-bond acceptors (Lipinski definition) is 4. The van der Waals surface area contributed by atoms with Crippen molar-refractivity contribution >= 4 is 21.5 Å². The van der Waals surface area contributed by atoms with Crippen LogP contribution in [0.1, 0.15) is 42.4 Å². The molecular formula is C11H17N3O2S2. The van der Waals surface area contributed by atoms with Gasteiger partial charge in [0.2, 0.25) is 0 Å². The quantitative estimate of drug-likeness (QED) is 0.832. The van der Waals surface area contributed by atoms with Crippen LogP contribution in [-0.2, 0) is 10.2 Å². The fourth-order valence-corrected chi connectivity index (χ4v) is 4.31. The average Bonchev–Trinajstić information content (AvgIpc) is 3.17. The molecule has 0 radical (unpaired) electrons. The summed E-state index contributed by atoms with van der Waals surface area (Å²) in [4.78, 5) is 4.42. The predicted molar refractivity (Wildman–Crippen MR) is 70.5 cm³/mol. The lowest BCUT2D eigenvalue weighted by molar-refractivity contribution is 0.516. The molecule has 5 nitrogen and oxygen atoms in total. The van der Waals surface area contributed by atoms with E-state index in [1.807, 2.05) is 12.3 Å². The highest BCUT2D eigenvalue weighted by molar-refractivity contribution is 7.87. The summed E-state index contributed by atoms with van der Waals surface area (Å²) in [6.45, 7) is 1.93. The Labute approximate surface area is 111 Å². The molecule has 1 aromatic rings. The molecule has 7 heteroatoms. The molecule has 1 atom stereocenters. The number of aromatic nitrogens is 1. The number of nitrogens with zero attached hydrogens (tertiary/aromatic N) is 1. The topological polar surface area (TPSA) is 71.1 Å². The Morgan fingerprint density at radius 1 is 1.39 bits per heavy atom. The Balaban J connectivity index is 1.73. The lowest BCUT2D eigenvalue weighted by Crippen LogP contribution is -2.40. The lowest BCUT2D eigenvalue weighted by atomic mass is 10.2. The normalized spacial score (nSPS) is 22.1. The summed E-state index contributed by atoms with van der Waals surface area (Å²) < 4.78 is 29.3. The van der Waals surface area contributed by atoms with Gasteiger partial charge in [0.15, 0.2) is 0 Å². The Morgan fingerprint density at radius 2 is 2.11 bits per heavy atom. The Kier molecular flexibility index (Phi) is 3.17. The number of rotatable bonds is 6. The van der Waals surface area contributed by atoms with Gasteiger partial charge in [-0.05, 0) is 38.5 Å². The smallest absolute Gasteiger partial charge is 0.245 e. The van der Waals surface area contributed by atoms with E-state index in [0.29, 0.717) is 5.92 Å². The van der Waals surface area contributed by atoms with Crippen molar-refractivity contribution < 1.29 is 8.42 Å². The summed E-state index contributed by atoms with van der Waals surface area (Å²) in [5.41, 5.74) is 0.954. The SMILES string of the molecule is Cc1csc([C@H](NS(=O)(=O)NC2CC2)C2CC2)n1. The van der Waals surface area contributed by atoms with Crippen LogP contribution in [0.15, 0.2) is 5.38 Å². The van der Waals surface area contributed by atoms with E-state index >= 15 is 0 Å². The maximum atomic E-state index is 12.0. The molecule has 0 unspecified atom stereocenters. The fourth-order valence-electron chi connectivity index (χ4n) is 1.91. The molecule has 0 amide bonds. The van der Waals surface area contributed by atoms with Gasteiger partial charge in [-0.2, -0.15) is 17.9 Å². The molecular weight excluding hydrogens is 270 g/mol. The van der Waals surface area contributed by atoms with Crippen molar-refractivity contribution in [2.75, 3.05) is 0 Å². The number of aryl methyl sites for hydroxylation is 1. The summed E-state index contributed by atoms with van der Waals surface area (Å²) in [5.74, 6) is 0.409. The Bertz CT molecular complexity index is 532. The molecule has 0 bridgehead atoms. The summed E-state index contributed by atoms with van der Waals surface area (Å²) in [5, 5.41) is 2.85. The second kappa shape index (κ2) is 4.56. The summed E-state index contributed by atoms with van der Waals surface area (Å²) in [6.07, 6.45) is 4.06. The van der Waals surface area contributed by atoms with Gasteiger partial charge in [-0.3, -0.25) is 0 Å². The van der Waals surface area contributed by atoms with Crippen molar-refractivity contribution in [2.24, 2.45) is 5.92 Å². The first-order chi connectivity index (χ1) is 8.53. The molecule has 2 aliphatic rings. The molecule has 0 aromatic carbocycles. The van der Waals surface area contributed by atoms with Crippen molar-refractivity contribution in [2.45, 2.75) is 44.7 Å². The minimum atomic E-state index is -3.39. The minimum absolute atomic E-state index is 0.139. The highest BCUT2D eigenvalue weighted by Gasteiger charge is 2.38. The molecule has 2 aliphatic carbocycles. The lowest BCUT2D eigenvalue weighted by Gasteiger charge is -2.16. The van der Waals surface area contributed by atoms with E-state index in [-0.39, 0.29) is 12.1 Å². The molecule has 0 saturated heterocycles. The van der Waals surface area contributed by atoms with Crippen LogP contribution in [0.25, 0.3) is 0 Å². The van der Waals surface area contributed by atoms with Crippen molar-refractivity contribution in [1.82, 2.24) is 14.4 Å². The zero-order valence-corrected chi connectivity index (χ0v) is 11.9. The van der Waals surface area contributed by atoms with Crippen LogP contribution in [0.3, 0.4) is 0 Å². The van der Waals surface area contributed by atoms with Gasteiger partial charge in [0.25, 0.3) is 10.2 Å². The number of thiazole rings is 1. The van der Waals surface area contributed by atoms with Crippen molar-refractivity contribution in [3.8, 4) is 0 Å². The zero-order valence-electron chi connectivity index (χ0n) is 10.2. The van der Waals surface area contributed by atoms with Crippen molar-refractivity contribution in [3.63, 3.8) is 0 Å². The Hall–Kier alpha value is -0.500.